The van der Waals surface area contributed by atoms with Crippen LogP contribution in [0.1, 0.15) is 9.64 Å². The minimum Gasteiger partial charge on any atom is -0.216 e. The van der Waals surface area contributed by atoms with E-state index in [-0.39, 0.29) is 6.90 Å². The lowest BCUT2D eigenvalue weighted by Gasteiger charge is -1.45. The summed E-state index contributed by atoms with van der Waals surface area (Å²) in [4.78, 5) is 0. The lowest BCUT2D eigenvalue weighted by molar-refractivity contribution is 0.719. The number of allylic oxidation sites excluding steroid dienone is 1. The molecule has 0 atom stereocenters. The van der Waals surface area contributed by atoms with E-state index in [9.17, 15) is 4.39 Å². The summed E-state index contributed by atoms with van der Waals surface area (Å²) in [5, 5.41) is 0. The molecule has 0 aliphatic rings. The van der Waals surface area contributed by atoms with E-state index in [2.05, 4.69) is 0 Å². The summed E-state index contributed by atoms with van der Waals surface area (Å²) in [5.41, 5.74) is 0. The highest BCUT2D eigenvalue weighted by molar-refractivity contribution is 4.61. The van der Waals surface area contributed by atoms with Crippen LogP contribution in [-0.2, 0) is 0 Å². The molecule has 0 N–H and O–H groups in total. The molecule has 0 saturated carbocycles. The summed E-state index contributed by atoms with van der Waals surface area (Å²) in [6, 6.07) is 0. The van der Waals surface area contributed by atoms with Crippen molar-refractivity contribution in [3.63, 3.8) is 0 Å². The average Bonchev–Trinajstić information content (AvgIpc) is 1.35. The normalized spacial score (nSPS) is 18.8. The highest BCUT2D eigenvalue weighted by Crippen LogP contribution is 1.62. The van der Waals surface area contributed by atoms with Crippen molar-refractivity contribution in [1.29, 1.82) is 0 Å². The summed E-state index contributed by atoms with van der Waals surface area (Å²) < 4.78 is 23.5. The summed E-state index contributed by atoms with van der Waals surface area (Å²) in [5.74, 6) is 0. The van der Waals surface area contributed by atoms with Crippen LogP contribution in [0.15, 0.2) is 12.4 Å². The fraction of sp³-hybridized carbons (Fsp3) is 0.333. The van der Waals surface area contributed by atoms with Crippen LogP contribution in [0.25, 0.3) is 0 Å². The highest BCUT2D eigenvalue weighted by atomic mass is 19.1. The first-order valence-corrected chi connectivity index (χ1v) is 0.886. The zero-order valence-electron chi connectivity index (χ0n) is 4.16. The Kier molecular flexibility index (Phi) is 0.801. The van der Waals surface area contributed by atoms with Gasteiger partial charge in [-0.25, -0.2) is 4.39 Å². The Morgan fingerprint density at radius 2 is 3.25 bits per heavy atom. The minimum atomic E-state index is -1.02. The third-order valence-electron chi connectivity index (χ3n) is 0.0772. The molecule has 0 heterocycles. The first kappa shape index (κ1) is 1.20. The van der Waals surface area contributed by atoms with Crippen LogP contribution in [0, 0.1) is 0 Å². The van der Waals surface area contributed by atoms with Gasteiger partial charge in [-0.15, -0.1) is 0 Å². The lowest BCUT2D eigenvalue weighted by Crippen LogP contribution is -1.22. The van der Waals surface area contributed by atoms with Crippen LogP contribution < -0.4 is 0 Å². The summed E-state index contributed by atoms with van der Waals surface area (Å²) in [6.07, 6.45) is -0.148. The molecule has 0 bridgehead atoms. The van der Waals surface area contributed by atoms with Crippen LogP contribution in [0.3, 0.4) is 0 Å². The van der Waals surface area contributed by atoms with Crippen LogP contribution in [-0.4, -0.2) is 0 Å². The maximum Gasteiger partial charge on any atom is 0.0952 e. The molecule has 0 fully saturated rings. The third kappa shape index (κ3) is 1.67. The highest BCUT2D eigenvalue weighted by Gasteiger charge is 1.38. The van der Waals surface area contributed by atoms with E-state index in [1.807, 2.05) is 0 Å². The molecule has 0 aromatic heterocycles. The van der Waals surface area contributed by atoms with E-state index >= 15 is 0 Å². The second kappa shape index (κ2) is 2.67. The Labute approximate surface area is 27.8 Å². The summed E-state index contributed by atoms with van der Waals surface area (Å²) in [7, 11) is 0. The maximum atomic E-state index is 11.1. The molecular weight excluding hydrogens is 55.0 g/mol. The van der Waals surface area contributed by atoms with E-state index in [4.69, 9.17) is 2.74 Å². The van der Waals surface area contributed by atoms with E-state index < -0.39 is 6.31 Å². The van der Waals surface area contributed by atoms with Crippen LogP contribution >= 0.6 is 0 Å². The Hall–Kier alpha value is -0.330. The molecule has 24 valence electrons. The number of halogens is 1. The summed E-state index contributed by atoms with van der Waals surface area (Å²) >= 11 is 0. The largest absolute Gasteiger partial charge is 0.216 e. The smallest absolute Gasteiger partial charge is 0.0952 e. The quantitative estimate of drug-likeness (QED) is 0.399. The van der Waals surface area contributed by atoms with E-state index in [1.54, 1.807) is 0 Å². The molecule has 1 heteroatoms. The van der Waals surface area contributed by atoms with Crippen molar-refractivity contribution in [2.75, 3.05) is 0 Å². The van der Waals surface area contributed by atoms with Gasteiger partial charge in [0.15, 0.2) is 0 Å². The SMILES string of the molecule is [2H]C/C=C(\[2H])F. The lowest BCUT2D eigenvalue weighted by atomic mass is 10.8. The van der Waals surface area contributed by atoms with Gasteiger partial charge >= 0.3 is 0 Å². The first-order chi connectivity index (χ1) is 2.77. The van der Waals surface area contributed by atoms with Crippen LogP contribution in [0.4, 0.5) is 4.39 Å². The second-order valence-electron chi connectivity index (χ2n) is 0.313. The van der Waals surface area contributed by atoms with E-state index in [1.165, 1.54) is 0 Å². The van der Waals surface area contributed by atoms with Gasteiger partial charge in [0, 0.05) is 1.37 Å². The van der Waals surface area contributed by atoms with E-state index in [0.717, 1.165) is 6.08 Å². The molecule has 0 aromatic carbocycles. The second-order valence-corrected chi connectivity index (χ2v) is 0.313. The third-order valence-corrected chi connectivity index (χ3v) is 0.0772. The molecule has 0 rings (SSSR count). The van der Waals surface area contributed by atoms with Crippen molar-refractivity contribution in [2.45, 2.75) is 6.90 Å². The molecule has 0 aromatic rings. The van der Waals surface area contributed by atoms with Crippen molar-refractivity contribution < 1.29 is 7.13 Å². The molecule has 0 nitrogen and oxygen atoms in total. The van der Waals surface area contributed by atoms with Gasteiger partial charge in [-0.2, -0.15) is 0 Å². The van der Waals surface area contributed by atoms with Gasteiger partial charge in [0.25, 0.3) is 0 Å². The molecule has 0 aliphatic carbocycles. The van der Waals surface area contributed by atoms with Gasteiger partial charge < -0.3 is 0 Å². The first-order valence-electron chi connectivity index (χ1n) is 2.09. The molecule has 4 heavy (non-hydrogen) atoms. The molecular formula is C3H5F. The van der Waals surface area contributed by atoms with Gasteiger partial charge in [-0.1, -0.05) is 6.08 Å². The molecule has 0 unspecified atom stereocenters. The topological polar surface area (TPSA) is 0 Å². The van der Waals surface area contributed by atoms with Crippen molar-refractivity contribution in [3.05, 3.63) is 12.4 Å². The van der Waals surface area contributed by atoms with Crippen molar-refractivity contribution >= 4 is 0 Å². The number of hydrogen-bond donors (Lipinski definition) is 0. The minimum absolute atomic E-state index is 0.144. The average molecular weight is 62.1 g/mol. The Bertz CT molecular complexity index is 55.8. The monoisotopic (exact) mass is 62.1 g/mol. The van der Waals surface area contributed by atoms with Crippen molar-refractivity contribution in [2.24, 2.45) is 0 Å². The van der Waals surface area contributed by atoms with Crippen LogP contribution in [0.5, 0.6) is 0 Å². The number of rotatable bonds is 0. The molecule has 0 saturated heterocycles. The van der Waals surface area contributed by atoms with Gasteiger partial charge in [0.05, 0.1) is 7.68 Å². The Balaban J connectivity index is 3.14. The van der Waals surface area contributed by atoms with Crippen molar-refractivity contribution in [1.82, 2.24) is 0 Å². The zero-order chi connectivity index (χ0) is 4.99. The van der Waals surface area contributed by atoms with Gasteiger partial charge in [0.2, 0.25) is 0 Å². The van der Waals surface area contributed by atoms with Gasteiger partial charge in [-0.3, -0.25) is 0 Å². The molecule has 0 aliphatic heterocycles. The summed E-state index contributed by atoms with van der Waals surface area (Å²) in [6.45, 7) is -0.144. The maximum absolute atomic E-state index is 11.1. The standard InChI is InChI=1S/C3H5F/c1-2-3-4/h2-3H,1H3/b3-2+/i1D,3D. The van der Waals surface area contributed by atoms with Gasteiger partial charge in [0.1, 0.15) is 0 Å². The van der Waals surface area contributed by atoms with Crippen molar-refractivity contribution in [3.8, 4) is 0 Å². The Morgan fingerprint density at radius 1 is 2.50 bits per heavy atom. The fourth-order valence-electron chi connectivity index (χ4n) is 0. The molecule has 0 amide bonds. The zero-order valence-corrected chi connectivity index (χ0v) is 2.16. The number of hydrogen-bond acceptors (Lipinski definition) is 0. The van der Waals surface area contributed by atoms with Gasteiger partial charge in [-0.05, 0) is 6.90 Å². The van der Waals surface area contributed by atoms with E-state index in [0.29, 0.717) is 0 Å². The Morgan fingerprint density at radius 3 is 3.25 bits per heavy atom. The predicted molar refractivity (Wildman–Crippen MR) is 15.9 cm³/mol. The predicted octanol–water partition coefficient (Wildman–Crippen LogP) is 1.49. The molecule has 0 spiro atoms. The molecule has 0 radical (unpaired) electrons. The fourth-order valence-corrected chi connectivity index (χ4v) is 0. The van der Waals surface area contributed by atoms with Crippen LogP contribution in [0.2, 0.25) is 0 Å².